The molecule has 128 valence electrons. The highest BCUT2D eigenvalue weighted by atomic mass is 32.2. The average molecular weight is 338 g/mol. The Morgan fingerprint density at radius 1 is 1.48 bits per heavy atom. The SMILES string of the molecule is Cc1cc(=O)[nH]c(SCC(=O)OC2CC(C)CCC2C(C)C)n1. The maximum atomic E-state index is 12.2. The molecule has 1 aliphatic rings. The van der Waals surface area contributed by atoms with Crippen LogP contribution in [0.2, 0.25) is 0 Å². The normalized spacial score (nSPS) is 24.7. The Hall–Kier alpha value is -1.30. The molecule has 2 rings (SSSR count). The topological polar surface area (TPSA) is 72.0 Å². The van der Waals surface area contributed by atoms with Gasteiger partial charge in [0, 0.05) is 11.8 Å². The Morgan fingerprint density at radius 3 is 2.87 bits per heavy atom. The van der Waals surface area contributed by atoms with E-state index in [0.717, 1.165) is 12.8 Å². The van der Waals surface area contributed by atoms with E-state index in [4.69, 9.17) is 4.74 Å². The number of esters is 1. The molecular weight excluding hydrogens is 312 g/mol. The van der Waals surface area contributed by atoms with Gasteiger partial charge in [-0.25, -0.2) is 4.98 Å². The van der Waals surface area contributed by atoms with E-state index in [1.165, 1.54) is 24.2 Å². The molecule has 1 fully saturated rings. The minimum absolute atomic E-state index is 0.0105. The number of carbonyl (C=O) groups is 1. The van der Waals surface area contributed by atoms with Gasteiger partial charge in [-0.15, -0.1) is 0 Å². The van der Waals surface area contributed by atoms with Crippen molar-refractivity contribution in [2.24, 2.45) is 17.8 Å². The molecule has 0 saturated heterocycles. The highest BCUT2D eigenvalue weighted by molar-refractivity contribution is 7.99. The Kier molecular flexibility index (Phi) is 6.27. The number of aryl methyl sites for hydroxylation is 1. The zero-order valence-corrected chi connectivity index (χ0v) is 15.1. The lowest BCUT2D eigenvalue weighted by Gasteiger charge is -2.36. The third-order valence-electron chi connectivity index (χ3n) is 4.42. The molecule has 3 unspecified atom stereocenters. The van der Waals surface area contributed by atoms with Crippen LogP contribution in [0.15, 0.2) is 16.0 Å². The first-order valence-corrected chi connectivity index (χ1v) is 9.24. The number of nitrogens with one attached hydrogen (secondary N) is 1. The standard InChI is InChI=1S/C17H26N2O3S/c1-10(2)13-6-5-11(3)7-14(13)22-16(21)9-23-17-18-12(4)8-15(20)19-17/h8,10-11,13-14H,5-7,9H2,1-4H3,(H,18,19,20). The summed E-state index contributed by atoms with van der Waals surface area (Å²) in [5.74, 6) is 1.50. The van der Waals surface area contributed by atoms with Gasteiger partial charge in [-0.05, 0) is 37.5 Å². The first-order valence-electron chi connectivity index (χ1n) is 8.25. The Bertz CT molecular complexity index is 600. The largest absolute Gasteiger partial charge is 0.461 e. The van der Waals surface area contributed by atoms with Gasteiger partial charge >= 0.3 is 5.97 Å². The van der Waals surface area contributed by atoms with Crippen molar-refractivity contribution in [3.05, 3.63) is 22.1 Å². The summed E-state index contributed by atoms with van der Waals surface area (Å²) in [4.78, 5) is 30.4. The number of aromatic nitrogens is 2. The maximum Gasteiger partial charge on any atom is 0.316 e. The van der Waals surface area contributed by atoms with Crippen LogP contribution in [0.1, 0.15) is 45.7 Å². The highest BCUT2D eigenvalue weighted by Crippen LogP contribution is 2.35. The highest BCUT2D eigenvalue weighted by Gasteiger charge is 2.33. The van der Waals surface area contributed by atoms with Gasteiger partial charge in [0.1, 0.15) is 6.10 Å². The second-order valence-corrected chi connectivity index (χ2v) is 7.80. The second kappa shape index (κ2) is 7.99. The molecule has 0 amide bonds. The van der Waals surface area contributed by atoms with E-state index in [1.807, 2.05) is 0 Å². The lowest BCUT2D eigenvalue weighted by Crippen LogP contribution is -2.36. The monoisotopic (exact) mass is 338 g/mol. The fourth-order valence-corrected chi connectivity index (χ4v) is 3.90. The molecule has 0 radical (unpaired) electrons. The Morgan fingerprint density at radius 2 is 2.22 bits per heavy atom. The number of hydrogen-bond acceptors (Lipinski definition) is 5. The van der Waals surface area contributed by atoms with E-state index in [9.17, 15) is 9.59 Å². The molecule has 0 aromatic carbocycles. The van der Waals surface area contributed by atoms with Crippen LogP contribution in [0, 0.1) is 24.7 Å². The molecule has 3 atom stereocenters. The molecule has 1 aliphatic carbocycles. The molecule has 1 saturated carbocycles. The van der Waals surface area contributed by atoms with Gasteiger partial charge in [-0.1, -0.05) is 39.0 Å². The van der Waals surface area contributed by atoms with E-state index in [2.05, 4.69) is 30.7 Å². The smallest absolute Gasteiger partial charge is 0.316 e. The number of ether oxygens (including phenoxy) is 1. The van der Waals surface area contributed by atoms with Gasteiger partial charge < -0.3 is 9.72 Å². The number of nitrogens with zero attached hydrogens (tertiary/aromatic N) is 1. The van der Waals surface area contributed by atoms with Crippen LogP contribution in [0.5, 0.6) is 0 Å². The van der Waals surface area contributed by atoms with Crippen LogP contribution < -0.4 is 5.56 Å². The van der Waals surface area contributed by atoms with Crippen molar-refractivity contribution in [3.63, 3.8) is 0 Å². The summed E-state index contributed by atoms with van der Waals surface area (Å²) in [5, 5.41) is 0.462. The average Bonchev–Trinajstić information content (AvgIpc) is 2.44. The summed E-state index contributed by atoms with van der Waals surface area (Å²) in [5.41, 5.74) is 0.444. The van der Waals surface area contributed by atoms with Crippen molar-refractivity contribution < 1.29 is 9.53 Å². The molecule has 0 aliphatic heterocycles. The van der Waals surface area contributed by atoms with Crippen molar-refractivity contribution in [1.29, 1.82) is 0 Å². The van der Waals surface area contributed by atoms with Gasteiger partial charge in [0.25, 0.3) is 5.56 Å². The van der Waals surface area contributed by atoms with Crippen molar-refractivity contribution >= 4 is 17.7 Å². The van der Waals surface area contributed by atoms with Crippen LogP contribution in [0.25, 0.3) is 0 Å². The van der Waals surface area contributed by atoms with E-state index in [1.54, 1.807) is 6.92 Å². The zero-order valence-electron chi connectivity index (χ0n) is 14.3. The third-order valence-corrected chi connectivity index (χ3v) is 5.27. The minimum atomic E-state index is -0.232. The number of rotatable bonds is 5. The summed E-state index contributed by atoms with van der Waals surface area (Å²) < 4.78 is 5.74. The molecule has 1 aromatic rings. The molecule has 6 heteroatoms. The predicted octanol–water partition coefficient (Wildman–Crippen LogP) is 3.17. The van der Waals surface area contributed by atoms with E-state index in [0.29, 0.717) is 28.6 Å². The molecule has 23 heavy (non-hydrogen) atoms. The van der Waals surface area contributed by atoms with E-state index in [-0.39, 0.29) is 23.4 Å². The molecular formula is C17H26N2O3S. The van der Waals surface area contributed by atoms with Crippen molar-refractivity contribution in [1.82, 2.24) is 9.97 Å². The molecule has 0 bridgehead atoms. The van der Waals surface area contributed by atoms with E-state index < -0.39 is 0 Å². The Labute approximate surface area is 141 Å². The summed E-state index contributed by atoms with van der Waals surface area (Å²) in [6.07, 6.45) is 3.28. The number of H-pyrrole nitrogens is 1. The van der Waals surface area contributed by atoms with Crippen molar-refractivity contribution in [2.75, 3.05) is 5.75 Å². The lowest BCUT2D eigenvalue weighted by atomic mass is 9.75. The zero-order chi connectivity index (χ0) is 17.0. The van der Waals surface area contributed by atoms with Gasteiger partial charge in [-0.2, -0.15) is 0 Å². The third kappa shape index (κ3) is 5.37. The first kappa shape index (κ1) is 18.0. The van der Waals surface area contributed by atoms with Crippen molar-refractivity contribution in [2.45, 2.75) is 58.2 Å². The fraction of sp³-hybridized carbons (Fsp3) is 0.706. The molecule has 0 spiro atoms. The van der Waals surface area contributed by atoms with Gasteiger partial charge in [0.15, 0.2) is 5.16 Å². The van der Waals surface area contributed by atoms with Crippen LogP contribution in [0.4, 0.5) is 0 Å². The number of hydrogen-bond donors (Lipinski definition) is 1. The minimum Gasteiger partial charge on any atom is -0.461 e. The van der Waals surface area contributed by atoms with Gasteiger partial charge in [0.2, 0.25) is 0 Å². The summed E-state index contributed by atoms with van der Waals surface area (Å²) >= 11 is 1.21. The lowest BCUT2D eigenvalue weighted by molar-refractivity contribution is -0.152. The molecule has 1 aromatic heterocycles. The van der Waals surface area contributed by atoms with Crippen LogP contribution in [-0.2, 0) is 9.53 Å². The Balaban J connectivity index is 1.91. The first-order chi connectivity index (χ1) is 10.8. The summed E-state index contributed by atoms with van der Waals surface area (Å²) in [7, 11) is 0. The van der Waals surface area contributed by atoms with E-state index >= 15 is 0 Å². The fourth-order valence-electron chi connectivity index (χ4n) is 3.20. The van der Waals surface area contributed by atoms with Gasteiger partial charge in [0.05, 0.1) is 5.75 Å². The number of aromatic amines is 1. The predicted molar refractivity (Wildman–Crippen MR) is 91.5 cm³/mol. The summed E-state index contributed by atoms with van der Waals surface area (Å²) in [6, 6.07) is 1.43. The quantitative estimate of drug-likeness (QED) is 0.507. The number of carbonyl (C=O) groups excluding carboxylic acids is 1. The maximum absolute atomic E-state index is 12.2. The summed E-state index contributed by atoms with van der Waals surface area (Å²) in [6.45, 7) is 8.36. The van der Waals surface area contributed by atoms with Gasteiger partial charge in [-0.3, -0.25) is 9.59 Å². The molecule has 1 heterocycles. The van der Waals surface area contributed by atoms with Crippen LogP contribution >= 0.6 is 11.8 Å². The van der Waals surface area contributed by atoms with Crippen LogP contribution in [-0.4, -0.2) is 27.8 Å². The number of thioether (sulfide) groups is 1. The van der Waals surface area contributed by atoms with Crippen molar-refractivity contribution in [3.8, 4) is 0 Å². The second-order valence-electron chi connectivity index (χ2n) is 6.84. The van der Waals surface area contributed by atoms with Crippen LogP contribution in [0.3, 0.4) is 0 Å². The molecule has 1 N–H and O–H groups in total. The molecule has 5 nitrogen and oxygen atoms in total.